The molecule has 5 nitrogen and oxygen atoms in total. The number of anilines is 1. The average molecular weight is 313 g/mol. The fourth-order valence-corrected chi connectivity index (χ4v) is 3.60. The van der Waals surface area contributed by atoms with Crippen LogP contribution < -0.4 is 10.6 Å². The first kappa shape index (κ1) is 15.9. The average Bonchev–Trinajstić information content (AvgIpc) is 3.03. The smallest absolute Gasteiger partial charge is 0.266 e. The van der Waals surface area contributed by atoms with E-state index in [1.165, 1.54) is 0 Å². The number of amides is 1. The van der Waals surface area contributed by atoms with Crippen molar-refractivity contribution in [1.29, 1.82) is 0 Å². The predicted octanol–water partition coefficient (Wildman–Crippen LogP) is 2.19. The van der Waals surface area contributed by atoms with Crippen molar-refractivity contribution >= 4 is 23.1 Å². The molecule has 2 N–H and O–H groups in total. The second-order valence-electron chi connectivity index (χ2n) is 6.50. The van der Waals surface area contributed by atoms with Crippen LogP contribution in [0, 0.1) is 12.8 Å². The number of hydrogen-bond donors (Lipinski definition) is 1. The van der Waals surface area contributed by atoms with Gasteiger partial charge in [0, 0.05) is 17.2 Å². The lowest BCUT2D eigenvalue weighted by molar-refractivity contribution is -0.125. The summed E-state index contributed by atoms with van der Waals surface area (Å²) in [7, 11) is 0. The molecule has 1 atom stereocenters. The lowest BCUT2D eigenvalue weighted by Gasteiger charge is -2.26. The monoisotopic (exact) mass is 313 g/mol. The molecule has 0 radical (unpaired) electrons. The molecule has 3 rings (SSSR count). The number of fused-ring (bicyclic) bond motifs is 1. The van der Waals surface area contributed by atoms with E-state index >= 15 is 0 Å². The van der Waals surface area contributed by atoms with Gasteiger partial charge in [0.15, 0.2) is 11.9 Å². The van der Waals surface area contributed by atoms with Crippen LogP contribution >= 0.6 is 0 Å². The van der Waals surface area contributed by atoms with E-state index in [1.807, 2.05) is 32.0 Å². The number of aryl methyl sites for hydroxylation is 1. The number of ketones is 1. The van der Waals surface area contributed by atoms with Gasteiger partial charge in [0.05, 0.1) is 12.2 Å². The van der Waals surface area contributed by atoms with E-state index in [-0.39, 0.29) is 24.2 Å². The highest BCUT2D eigenvalue weighted by molar-refractivity contribution is 6.13. The van der Waals surface area contributed by atoms with Gasteiger partial charge in [-0.1, -0.05) is 31.0 Å². The maximum atomic E-state index is 12.7. The summed E-state index contributed by atoms with van der Waals surface area (Å²) in [5.74, 6) is -0.0858. The van der Waals surface area contributed by atoms with E-state index < -0.39 is 6.17 Å². The van der Waals surface area contributed by atoms with E-state index in [2.05, 4.69) is 4.99 Å². The number of benzodiazepines with no additional fused rings is 1. The van der Waals surface area contributed by atoms with Gasteiger partial charge in [-0.2, -0.15) is 0 Å². The summed E-state index contributed by atoms with van der Waals surface area (Å²) >= 11 is 0. The quantitative estimate of drug-likeness (QED) is 0.929. The minimum Gasteiger partial charge on any atom is -0.302 e. The van der Waals surface area contributed by atoms with Gasteiger partial charge in [-0.3, -0.25) is 14.6 Å². The maximum Gasteiger partial charge on any atom is 0.266 e. The number of para-hydroxylation sites is 1. The summed E-state index contributed by atoms with van der Waals surface area (Å²) in [6, 6.07) is 5.81. The Kier molecular flexibility index (Phi) is 4.31. The number of carbonyl (C=O) groups is 2. The summed E-state index contributed by atoms with van der Waals surface area (Å²) in [4.78, 5) is 31.1. The molecule has 23 heavy (non-hydrogen) atoms. The topological polar surface area (TPSA) is 75.8 Å². The van der Waals surface area contributed by atoms with Crippen LogP contribution in [0.1, 0.15) is 43.7 Å². The number of hydrogen-bond acceptors (Lipinski definition) is 4. The van der Waals surface area contributed by atoms with Gasteiger partial charge < -0.3 is 10.6 Å². The van der Waals surface area contributed by atoms with E-state index in [0.29, 0.717) is 0 Å². The van der Waals surface area contributed by atoms with E-state index in [1.54, 1.807) is 4.90 Å². The Bertz CT molecular complexity index is 675. The van der Waals surface area contributed by atoms with Crippen molar-refractivity contribution < 1.29 is 9.59 Å². The molecule has 1 aromatic carbocycles. The van der Waals surface area contributed by atoms with Crippen LogP contribution in [0.2, 0.25) is 0 Å². The molecule has 122 valence electrons. The molecule has 0 spiro atoms. The van der Waals surface area contributed by atoms with Crippen LogP contribution in [-0.4, -0.2) is 30.1 Å². The standard InChI is InChI=1S/C18H23N3O2/c1-11-6-5-9-14-12(2)20-17(19)18(23)21(16(11)14)10-15(22)13-7-3-4-8-13/h5-6,9,13,17H,3-4,7-8,10,19H2,1-2H3. The molecule has 1 unspecified atom stereocenters. The fourth-order valence-electron chi connectivity index (χ4n) is 3.60. The van der Waals surface area contributed by atoms with Crippen molar-refractivity contribution in [2.45, 2.75) is 45.7 Å². The molecular formula is C18H23N3O2. The van der Waals surface area contributed by atoms with E-state index in [0.717, 1.165) is 48.2 Å². The van der Waals surface area contributed by atoms with Gasteiger partial charge in [-0.15, -0.1) is 0 Å². The van der Waals surface area contributed by atoms with Crippen LogP contribution in [0.25, 0.3) is 0 Å². The summed E-state index contributed by atoms with van der Waals surface area (Å²) in [6.07, 6.45) is 3.12. The summed E-state index contributed by atoms with van der Waals surface area (Å²) in [5, 5.41) is 0. The Labute approximate surface area is 136 Å². The van der Waals surface area contributed by atoms with Crippen LogP contribution in [0.15, 0.2) is 23.2 Å². The highest BCUT2D eigenvalue weighted by Gasteiger charge is 2.33. The second-order valence-corrected chi connectivity index (χ2v) is 6.50. The molecule has 0 aromatic heterocycles. The Balaban J connectivity index is 1.99. The van der Waals surface area contributed by atoms with Crippen molar-refractivity contribution in [3.05, 3.63) is 29.3 Å². The number of Topliss-reactive ketones (excluding diaryl/α,β-unsaturated/α-hetero) is 1. The predicted molar refractivity (Wildman–Crippen MR) is 90.7 cm³/mol. The Morgan fingerprint density at radius 3 is 2.70 bits per heavy atom. The molecule has 1 aromatic rings. The van der Waals surface area contributed by atoms with Crippen molar-refractivity contribution in [1.82, 2.24) is 0 Å². The Morgan fingerprint density at radius 1 is 1.30 bits per heavy atom. The first-order chi connectivity index (χ1) is 11.0. The first-order valence-corrected chi connectivity index (χ1v) is 8.23. The molecule has 5 heteroatoms. The molecule has 1 amide bonds. The highest BCUT2D eigenvalue weighted by Crippen LogP contribution is 2.31. The molecule has 1 fully saturated rings. The van der Waals surface area contributed by atoms with Crippen LogP contribution in [0.5, 0.6) is 0 Å². The Morgan fingerprint density at radius 2 is 2.00 bits per heavy atom. The lowest BCUT2D eigenvalue weighted by atomic mass is 10.00. The third kappa shape index (κ3) is 2.93. The zero-order valence-corrected chi connectivity index (χ0v) is 13.7. The number of nitrogens with zero attached hydrogens (tertiary/aromatic N) is 2. The van der Waals surface area contributed by atoms with E-state index in [9.17, 15) is 9.59 Å². The van der Waals surface area contributed by atoms with Crippen LogP contribution in [-0.2, 0) is 9.59 Å². The van der Waals surface area contributed by atoms with Crippen molar-refractivity contribution in [2.24, 2.45) is 16.6 Å². The summed E-state index contributed by atoms with van der Waals surface area (Å²) < 4.78 is 0. The SMILES string of the molecule is CC1=NC(N)C(=O)N(CC(=O)C2CCCC2)c2c(C)cccc21. The van der Waals surface area contributed by atoms with Crippen LogP contribution in [0.4, 0.5) is 5.69 Å². The largest absolute Gasteiger partial charge is 0.302 e. The van der Waals surface area contributed by atoms with Gasteiger partial charge in [0.25, 0.3) is 5.91 Å². The minimum absolute atomic E-state index is 0.0803. The number of carbonyl (C=O) groups excluding carboxylic acids is 2. The van der Waals surface area contributed by atoms with Gasteiger partial charge in [-0.05, 0) is 32.3 Å². The highest BCUT2D eigenvalue weighted by atomic mass is 16.2. The van der Waals surface area contributed by atoms with Gasteiger partial charge in [-0.25, -0.2) is 0 Å². The summed E-state index contributed by atoms with van der Waals surface area (Å²) in [5.41, 5.74) is 9.28. The molecule has 0 bridgehead atoms. The third-order valence-electron chi connectivity index (χ3n) is 4.87. The van der Waals surface area contributed by atoms with Crippen molar-refractivity contribution in [3.63, 3.8) is 0 Å². The molecule has 1 aliphatic heterocycles. The number of benzene rings is 1. The molecular weight excluding hydrogens is 290 g/mol. The fraction of sp³-hybridized carbons (Fsp3) is 0.500. The molecule has 0 saturated heterocycles. The number of nitrogens with two attached hydrogens (primary N) is 1. The summed E-state index contributed by atoms with van der Waals surface area (Å²) in [6.45, 7) is 3.90. The Hall–Kier alpha value is -2.01. The van der Waals surface area contributed by atoms with E-state index in [4.69, 9.17) is 5.73 Å². The minimum atomic E-state index is -0.946. The van der Waals surface area contributed by atoms with Gasteiger partial charge in [0.2, 0.25) is 0 Å². The second kappa shape index (κ2) is 6.24. The lowest BCUT2D eigenvalue weighted by Crippen LogP contribution is -2.45. The molecule has 1 saturated carbocycles. The third-order valence-corrected chi connectivity index (χ3v) is 4.87. The zero-order chi connectivity index (χ0) is 16.6. The number of rotatable bonds is 3. The van der Waals surface area contributed by atoms with Gasteiger partial charge in [0.1, 0.15) is 0 Å². The van der Waals surface area contributed by atoms with Crippen LogP contribution in [0.3, 0.4) is 0 Å². The zero-order valence-electron chi connectivity index (χ0n) is 13.7. The molecule has 1 heterocycles. The molecule has 2 aliphatic rings. The van der Waals surface area contributed by atoms with Gasteiger partial charge >= 0.3 is 0 Å². The van der Waals surface area contributed by atoms with Crippen molar-refractivity contribution in [2.75, 3.05) is 11.4 Å². The normalized spacial score (nSPS) is 21.9. The number of aliphatic imine (C=N–C) groups is 1. The van der Waals surface area contributed by atoms with Crippen molar-refractivity contribution in [3.8, 4) is 0 Å². The molecule has 1 aliphatic carbocycles. The first-order valence-electron chi connectivity index (χ1n) is 8.23. The maximum absolute atomic E-state index is 12.7.